The third kappa shape index (κ3) is 3.56. The van der Waals surface area contributed by atoms with Gasteiger partial charge in [0.1, 0.15) is 5.76 Å². The lowest BCUT2D eigenvalue weighted by molar-refractivity contribution is 0.229. The molecule has 5 heteroatoms. The molecular weight excluding hydrogens is 230 g/mol. The Kier molecular flexibility index (Phi) is 4.30. The summed E-state index contributed by atoms with van der Waals surface area (Å²) in [6, 6.07) is 3.90. The van der Waals surface area contributed by atoms with Crippen LogP contribution in [-0.4, -0.2) is 16.1 Å². The van der Waals surface area contributed by atoms with Crippen LogP contribution in [0.5, 0.6) is 5.88 Å². The highest BCUT2D eigenvalue weighted by Crippen LogP contribution is 2.15. The lowest BCUT2D eigenvalue weighted by Crippen LogP contribution is -2.15. The first-order chi connectivity index (χ1) is 8.75. The molecule has 0 bridgehead atoms. The minimum Gasteiger partial charge on any atom is -0.475 e. The predicted octanol–water partition coefficient (Wildman–Crippen LogP) is 2.15. The number of aromatic nitrogens is 2. The van der Waals surface area contributed by atoms with Crippen LogP contribution in [0, 0.1) is 0 Å². The fourth-order valence-electron chi connectivity index (χ4n) is 1.54. The summed E-state index contributed by atoms with van der Waals surface area (Å²) < 4.78 is 10.8. The van der Waals surface area contributed by atoms with Gasteiger partial charge in [0.05, 0.1) is 18.8 Å². The lowest BCUT2D eigenvalue weighted by atomic mass is 10.2. The van der Waals surface area contributed by atoms with E-state index in [-0.39, 0.29) is 6.10 Å². The molecule has 0 amide bonds. The molecule has 0 saturated heterocycles. The molecule has 0 spiro atoms. The quantitative estimate of drug-likeness (QED) is 0.847. The van der Waals surface area contributed by atoms with E-state index in [0.29, 0.717) is 19.0 Å². The van der Waals surface area contributed by atoms with Crippen LogP contribution >= 0.6 is 0 Å². The van der Waals surface area contributed by atoms with Gasteiger partial charge in [0.2, 0.25) is 5.88 Å². The first-order valence-corrected chi connectivity index (χ1v) is 5.94. The zero-order valence-corrected chi connectivity index (χ0v) is 10.6. The third-order valence-corrected chi connectivity index (χ3v) is 2.30. The van der Waals surface area contributed by atoms with Crippen LogP contribution in [0.4, 0.5) is 0 Å². The topological polar surface area (TPSA) is 60.2 Å². The first-order valence-electron chi connectivity index (χ1n) is 5.94. The molecule has 0 aliphatic heterocycles. The molecule has 0 unspecified atom stereocenters. The van der Waals surface area contributed by atoms with E-state index in [0.717, 1.165) is 11.3 Å². The Labute approximate surface area is 106 Å². The Morgan fingerprint density at radius 3 is 3.00 bits per heavy atom. The number of nitrogens with zero attached hydrogens (tertiary/aromatic N) is 2. The van der Waals surface area contributed by atoms with Crippen LogP contribution in [-0.2, 0) is 13.1 Å². The Hall–Kier alpha value is -1.88. The highest BCUT2D eigenvalue weighted by molar-refractivity contribution is 5.25. The molecule has 0 aliphatic rings. The first kappa shape index (κ1) is 12.6. The average molecular weight is 247 g/mol. The van der Waals surface area contributed by atoms with Crippen molar-refractivity contribution in [1.29, 1.82) is 0 Å². The van der Waals surface area contributed by atoms with Crippen LogP contribution in [0.3, 0.4) is 0 Å². The number of hydrogen-bond donors (Lipinski definition) is 1. The van der Waals surface area contributed by atoms with Crippen molar-refractivity contribution < 1.29 is 9.15 Å². The van der Waals surface area contributed by atoms with Gasteiger partial charge in [-0.3, -0.25) is 0 Å². The van der Waals surface area contributed by atoms with Crippen molar-refractivity contribution in [2.24, 2.45) is 0 Å². The van der Waals surface area contributed by atoms with Crippen molar-refractivity contribution in [2.75, 3.05) is 0 Å². The second-order valence-electron chi connectivity index (χ2n) is 4.21. The minimum absolute atomic E-state index is 0.118. The molecule has 0 saturated carbocycles. The van der Waals surface area contributed by atoms with Crippen molar-refractivity contribution in [3.8, 4) is 5.88 Å². The predicted molar refractivity (Wildman–Crippen MR) is 67.0 cm³/mol. The molecule has 2 aromatic heterocycles. The van der Waals surface area contributed by atoms with E-state index in [4.69, 9.17) is 9.15 Å². The Balaban J connectivity index is 1.92. The fourth-order valence-corrected chi connectivity index (χ4v) is 1.54. The van der Waals surface area contributed by atoms with Gasteiger partial charge in [-0.05, 0) is 19.9 Å². The molecule has 2 heterocycles. The van der Waals surface area contributed by atoms with Gasteiger partial charge in [-0.1, -0.05) is 6.07 Å². The van der Waals surface area contributed by atoms with Gasteiger partial charge in [-0.15, -0.1) is 0 Å². The van der Waals surface area contributed by atoms with E-state index in [2.05, 4.69) is 15.3 Å². The van der Waals surface area contributed by atoms with Crippen molar-refractivity contribution in [3.05, 3.63) is 42.2 Å². The van der Waals surface area contributed by atoms with Crippen LogP contribution < -0.4 is 10.1 Å². The van der Waals surface area contributed by atoms with Gasteiger partial charge in [0.15, 0.2) is 6.39 Å². The molecule has 96 valence electrons. The van der Waals surface area contributed by atoms with E-state index in [1.165, 1.54) is 6.39 Å². The molecular formula is C13H17N3O2. The van der Waals surface area contributed by atoms with E-state index in [1.807, 2.05) is 26.0 Å². The molecule has 0 fully saturated rings. The molecule has 5 nitrogen and oxygen atoms in total. The van der Waals surface area contributed by atoms with Gasteiger partial charge in [0, 0.05) is 18.3 Å². The third-order valence-electron chi connectivity index (χ3n) is 2.30. The largest absolute Gasteiger partial charge is 0.475 e. The molecule has 2 aromatic rings. The van der Waals surface area contributed by atoms with Crippen LogP contribution in [0.2, 0.25) is 0 Å². The number of oxazole rings is 1. The highest BCUT2D eigenvalue weighted by atomic mass is 16.5. The maximum Gasteiger partial charge on any atom is 0.218 e. The lowest BCUT2D eigenvalue weighted by Gasteiger charge is -2.12. The Morgan fingerprint density at radius 2 is 2.28 bits per heavy atom. The highest BCUT2D eigenvalue weighted by Gasteiger charge is 2.06. The molecule has 0 atom stereocenters. The summed E-state index contributed by atoms with van der Waals surface area (Å²) in [5.41, 5.74) is 1.03. The fraction of sp³-hybridized carbons (Fsp3) is 0.385. The summed E-state index contributed by atoms with van der Waals surface area (Å²) >= 11 is 0. The number of ether oxygens (including phenoxy) is 1. The number of rotatable bonds is 6. The molecule has 2 rings (SSSR count). The second kappa shape index (κ2) is 6.16. The maximum atomic E-state index is 5.65. The normalized spacial score (nSPS) is 10.8. The van der Waals surface area contributed by atoms with Crippen LogP contribution in [0.15, 0.2) is 35.3 Å². The summed E-state index contributed by atoms with van der Waals surface area (Å²) in [5, 5.41) is 3.26. The van der Waals surface area contributed by atoms with Gasteiger partial charge < -0.3 is 14.5 Å². The average Bonchev–Trinajstić information content (AvgIpc) is 2.84. The van der Waals surface area contributed by atoms with Crippen molar-refractivity contribution in [3.63, 3.8) is 0 Å². The monoisotopic (exact) mass is 247 g/mol. The van der Waals surface area contributed by atoms with E-state index in [1.54, 1.807) is 12.4 Å². The number of nitrogens with one attached hydrogen (secondary N) is 1. The van der Waals surface area contributed by atoms with Gasteiger partial charge in [-0.25, -0.2) is 9.97 Å². The zero-order valence-electron chi connectivity index (χ0n) is 10.6. The standard InChI is InChI=1S/C13H17N3O2/c1-10(2)18-13-11(4-3-5-16-13)6-14-7-12-8-15-9-17-12/h3-5,8-10,14H,6-7H2,1-2H3. The van der Waals surface area contributed by atoms with E-state index in [9.17, 15) is 0 Å². The summed E-state index contributed by atoms with van der Waals surface area (Å²) in [6.45, 7) is 5.29. The van der Waals surface area contributed by atoms with Crippen molar-refractivity contribution in [2.45, 2.75) is 33.0 Å². The van der Waals surface area contributed by atoms with Crippen LogP contribution in [0.1, 0.15) is 25.2 Å². The molecule has 0 radical (unpaired) electrons. The summed E-state index contributed by atoms with van der Waals surface area (Å²) in [7, 11) is 0. The summed E-state index contributed by atoms with van der Waals surface area (Å²) in [6.07, 6.45) is 4.97. The van der Waals surface area contributed by atoms with Crippen molar-refractivity contribution in [1.82, 2.24) is 15.3 Å². The van der Waals surface area contributed by atoms with E-state index >= 15 is 0 Å². The maximum absolute atomic E-state index is 5.65. The molecule has 18 heavy (non-hydrogen) atoms. The number of pyridine rings is 1. The zero-order chi connectivity index (χ0) is 12.8. The summed E-state index contributed by atoms with van der Waals surface area (Å²) in [5.74, 6) is 1.49. The van der Waals surface area contributed by atoms with Crippen molar-refractivity contribution >= 4 is 0 Å². The minimum atomic E-state index is 0.118. The molecule has 1 N–H and O–H groups in total. The van der Waals surface area contributed by atoms with Gasteiger partial charge >= 0.3 is 0 Å². The van der Waals surface area contributed by atoms with Crippen LogP contribution in [0.25, 0.3) is 0 Å². The molecule has 0 aromatic carbocycles. The van der Waals surface area contributed by atoms with E-state index < -0.39 is 0 Å². The van der Waals surface area contributed by atoms with Gasteiger partial charge in [0.25, 0.3) is 0 Å². The SMILES string of the molecule is CC(C)Oc1ncccc1CNCc1cnco1. The number of hydrogen-bond acceptors (Lipinski definition) is 5. The summed E-state index contributed by atoms with van der Waals surface area (Å²) in [4.78, 5) is 8.10. The smallest absolute Gasteiger partial charge is 0.218 e. The van der Waals surface area contributed by atoms with Gasteiger partial charge in [-0.2, -0.15) is 0 Å². The Bertz CT molecular complexity index is 469. The molecule has 0 aliphatic carbocycles. The Morgan fingerprint density at radius 1 is 1.39 bits per heavy atom. The second-order valence-corrected chi connectivity index (χ2v) is 4.21.